The van der Waals surface area contributed by atoms with E-state index in [1.54, 1.807) is 13.2 Å². The summed E-state index contributed by atoms with van der Waals surface area (Å²) in [5, 5.41) is 0. The molecule has 2 N–H and O–H groups in total. The van der Waals surface area contributed by atoms with Gasteiger partial charge in [0.05, 0.1) is 7.11 Å². The molecule has 0 fully saturated rings. The minimum Gasteiger partial charge on any atom is -0.497 e. The average molecular weight is 163 g/mol. The predicted molar refractivity (Wildman–Crippen MR) is 50.1 cm³/mol. The maximum absolute atomic E-state index is 5.74. The Bertz CT molecular complexity index is 270. The molecule has 0 spiro atoms. The number of benzene rings is 1. The lowest BCUT2D eigenvalue weighted by Gasteiger charge is -2.07. The number of rotatable bonds is 3. The third-order valence-corrected chi connectivity index (χ3v) is 1.73. The van der Waals surface area contributed by atoms with Crippen LogP contribution in [0.2, 0.25) is 0 Å². The monoisotopic (exact) mass is 163 g/mol. The third kappa shape index (κ3) is 1.86. The second-order valence-electron chi connectivity index (χ2n) is 2.54. The molecule has 0 saturated carbocycles. The first-order valence-corrected chi connectivity index (χ1v) is 3.80. The molecule has 12 heavy (non-hydrogen) atoms. The Balaban J connectivity index is 2.93. The van der Waals surface area contributed by atoms with E-state index in [2.05, 4.69) is 6.58 Å². The van der Waals surface area contributed by atoms with Gasteiger partial charge in [0, 0.05) is 6.04 Å². The molecule has 1 aromatic carbocycles. The van der Waals surface area contributed by atoms with Gasteiger partial charge in [0.1, 0.15) is 5.75 Å². The van der Waals surface area contributed by atoms with Crippen LogP contribution in [-0.4, -0.2) is 7.11 Å². The molecule has 0 aliphatic rings. The highest BCUT2D eigenvalue weighted by atomic mass is 16.5. The molecule has 1 atom stereocenters. The predicted octanol–water partition coefficient (Wildman–Crippen LogP) is 1.88. The summed E-state index contributed by atoms with van der Waals surface area (Å²) in [4.78, 5) is 0. The fourth-order valence-electron chi connectivity index (χ4n) is 0.985. The lowest BCUT2D eigenvalue weighted by atomic mass is 10.1. The van der Waals surface area contributed by atoms with Crippen molar-refractivity contribution in [3.8, 4) is 5.75 Å². The number of nitrogens with two attached hydrogens (primary N) is 1. The molecule has 2 heteroatoms. The highest BCUT2D eigenvalue weighted by Gasteiger charge is 2.00. The van der Waals surface area contributed by atoms with Crippen molar-refractivity contribution < 1.29 is 4.74 Å². The van der Waals surface area contributed by atoms with E-state index in [9.17, 15) is 0 Å². The van der Waals surface area contributed by atoms with E-state index < -0.39 is 0 Å². The molecule has 0 radical (unpaired) electrons. The fraction of sp³-hybridized carbons (Fsp3) is 0.200. The maximum atomic E-state index is 5.74. The summed E-state index contributed by atoms with van der Waals surface area (Å²) in [6.07, 6.45) is 1.70. The minimum absolute atomic E-state index is 0.111. The van der Waals surface area contributed by atoms with Gasteiger partial charge in [0.25, 0.3) is 0 Å². The molecule has 2 nitrogen and oxygen atoms in total. The van der Waals surface area contributed by atoms with Crippen LogP contribution in [0, 0.1) is 0 Å². The van der Waals surface area contributed by atoms with Gasteiger partial charge in [-0.15, -0.1) is 6.58 Å². The summed E-state index contributed by atoms with van der Waals surface area (Å²) < 4.78 is 5.06. The van der Waals surface area contributed by atoms with Crippen LogP contribution >= 0.6 is 0 Å². The van der Waals surface area contributed by atoms with E-state index >= 15 is 0 Å². The van der Waals surface area contributed by atoms with Gasteiger partial charge in [-0.05, 0) is 17.7 Å². The van der Waals surface area contributed by atoms with Crippen LogP contribution in [0.3, 0.4) is 0 Å². The number of hydrogen-bond acceptors (Lipinski definition) is 2. The Hall–Kier alpha value is -1.28. The Kier molecular flexibility index (Phi) is 2.88. The van der Waals surface area contributed by atoms with Crippen molar-refractivity contribution in [2.24, 2.45) is 5.73 Å². The second kappa shape index (κ2) is 3.93. The highest BCUT2D eigenvalue weighted by molar-refractivity contribution is 5.31. The van der Waals surface area contributed by atoms with E-state index in [1.165, 1.54) is 0 Å². The largest absolute Gasteiger partial charge is 0.497 e. The van der Waals surface area contributed by atoms with Crippen LogP contribution in [0.25, 0.3) is 0 Å². The maximum Gasteiger partial charge on any atom is 0.119 e. The van der Waals surface area contributed by atoms with Gasteiger partial charge < -0.3 is 10.5 Å². The minimum atomic E-state index is -0.111. The normalized spacial score (nSPS) is 12.2. The third-order valence-electron chi connectivity index (χ3n) is 1.73. The van der Waals surface area contributed by atoms with Gasteiger partial charge in [-0.2, -0.15) is 0 Å². The lowest BCUT2D eigenvalue weighted by Crippen LogP contribution is -2.06. The summed E-state index contributed by atoms with van der Waals surface area (Å²) in [6, 6.07) is 7.55. The topological polar surface area (TPSA) is 35.2 Å². The Morgan fingerprint density at radius 3 is 2.92 bits per heavy atom. The molecule has 0 saturated heterocycles. The zero-order valence-electron chi connectivity index (χ0n) is 7.16. The molecule has 0 aliphatic carbocycles. The van der Waals surface area contributed by atoms with Crippen molar-refractivity contribution in [2.75, 3.05) is 7.11 Å². The van der Waals surface area contributed by atoms with E-state index in [0.29, 0.717) is 0 Å². The Morgan fingerprint density at radius 2 is 2.33 bits per heavy atom. The van der Waals surface area contributed by atoms with Crippen LogP contribution in [-0.2, 0) is 0 Å². The molecule has 0 unspecified atom stereocenters. The van der Waals surface area contributed by atoms with Crippen molar-refractivity contribution in [1.82, 2.24) is 0 Å². The van der Waals surface area contributed by atoms with Crippen LogP contribution in [0.5, 0.6) is 5.75 Å². The van der Waals surface area contributed by atoms with Crippen LogP contribution in [0.4, 0.5) is 0 Å². The fourth-order valence-corrected chi connectivity index (χ4v) is 0.985. The van der Waals surface area contributed by atoms with Crippen LogP contribution in [0.1, 0.15) is 11.6 Å². The zero-order chi connectivity index (χ0) is 8.97. The number of methoxy groups -OCH3 is 1. The first kappa shape index (κ1) is 8.81. The van der Waals surface area contributed by atoms with Crippen LogP contribution < -0.4 is 10.5 Å². The molecular weight excluding hydrogens is 150 g/mol. The smallest absolute Gasteiger partial charge is 0.119 e. The molecule has 0 aromatic heterocycles. The van der Waals surface area contributed by atoms with E-state index in [-0.39, 0.29) is 6.04 Å². The van der Waals surface area contributed by atoms with Crippen molar-refractivity contribution >= 4 is 0 Å². The highest BCUT2D eigenvalue weighted by Crippen LogP contribution is 2.17. The van der Waals surface area contributed by atoms with Gasteiger partial charge in [0.2, 0.25) is 0 Å². The summed E-state index contributed by atoms with van der Waals surface area (Å²) in [6.45, 7) is 3.63. The molecule has 1 aromatic rings. The molecule has 64 valence electrons. The standard InChI is InChI=1S/C10H13NO/c1-3-10(11)8-5-4-6-9(7-8)12-2/h3-7,10H,1,11H2,2H3/t10-/m0/s1. The Labute approximate surface area is 72.7 Å². The molecular formula is C10H13NO. The zero-order valence-corrected chi connectivity index (χ0v) is 7.16. The van der Waals surface area contributed by atoms with E-state index in [0.717, 1.165) is 11.3 Å². The van der Waals surface area contributed by atoms with E-state index in [4.69, 9.17) is 10.5 Å². The quantitative estimate of drug-likeness (QED) is 0.690. The van der Waals surface area contributed by atoms with Crippen molar-refractivity contribution in [3.05, 3.63) is 42.5 Å². The number of hydrogen-bond donors (Lipinski definition) is 1. The van der Waals surface area contributed by atoms with Crippen LogP contribution in [0.15, 0.2) is 36.9 Å². The molecule has 0 aliphatic heterocycles. The summed E-state index contributed by atoms with van der Waals surface area (Å²) in [5.41, 5.74) is 6.76. The van der Waals surface area contributed by atoms with Gasteiger partial charge in [0.15, 0.2) is 0 Å². The molecule has 0 bridgehead atoms. The summed E-state index contributed by atoms with van der Waals surface area (Å²) >= 11 is 0. The van der Waals surface area contributed by atoms with Gasteiger partial charge in [-0.25, -0.2) is 0 Å². The SMILES string of the molecule is C=C[C@H](N)c1cccc(OC)c1. The van der Waals surface area contributed by atoms with E-state index in [1.807, 2.05) is 24.3 Å². The van der Waals surface area contributed by atoms with Gasteiger partial charge in [-0.3, -0.25) is 0 Å². The Morgan fingerprint density at radius 1 is 1.58 bits per heavy atom. The van der Waals surface area contributed by atoms with Gasteiger partial charge in [-0.1, -0.05) is 18.2 Å². The first-order chi connectivity index (χ1) is 5.77. The first-order valence-electron chi connectivity index (χ1n) is 3.80. The van der Waals surface area contributed by atoms with Crippen molar-refractivity contribution in [1.29, 1.82) is 0 Å². The summed E-state index contributed by atoms with van der Waals surface area (Å²) in [7, 11) is 1.64. The van der Waals surface area contributed by atoms with Crippen molar-refractivity contribution in [3.63, 3.8) is 0 Å². The van der Waals surface area contributed by atoms with Crippen molar-refractivity contribution in [2.45, 2.75) is 6.04 Å². The second-order valence-corrected chi connectivity index (χ2v) is 2.54. The molecule has 0 amide bonds. The molecule has 1 rings (SSSR count). The average Bonchev–Trinajstić information content (AvgIpc) is 2.17. The molecule has 0 heterocycles. The summed E-state index contributed by atoms with van der Waals surface area (Å²) in [5.74, 6) is 0.824. The lowest BCUT2D eigenvalue weighted by molar-refractivity contribution is 0.414. The number of ether oxygens (including phenoxy) is 1. The van der Waals surface area contributed by atoms with Gasteiger partial charge >= 0.3 is 0 Å².